The molecule has 1 aliphatic rings. The van der Waals surface area contributed by atoms with Crippen LogP contribution in [0.3, 0.4) is 0 Å². The Hall–Kier alpha value is -2.86. The Bertz CT molecular complexity index is 980. The highest BCUT2D eigenvalue weighted by Crippen LogP contribution is 2.39. The van der Waals surface area contributed by atoms with Gasteiger partial charge >= 0.3 is 0 Å². The number of carbonyl (C=O) groups is 1. The number of methoxy groups -OCH3 is 1. The van der Waals surface area contributed by atoms with Gasteiger partial charge in [0.2, 0.25) is 5.91 Å². The number of hydrogen-bond donors (Lipinski definition) is 2. The predicted octanol–water partition coefficient (Wildman–Crippen LogP) is 2.82. The first kappa shape index (κ1) is 16.6. The number of benzene rings is 1. The predicted molar refractivity (Wildman–Crippen MR) is 100 cm³/mol. The molecule has 26 heavy (non-hydrogen) atoms. The molecule has 0 radical (unpaired) electrons. The summed E-state index contributed by atoms with van der Waals surface area (Å²) in [7, 11) is 3.65. The van der Waals surface area contributed by atoms with Crippen molar-refractivity contribution in [2.45, 2.75) is 6.42 Å². The minimum absolute atomic E-state index is 0.0610. The standard InChI is InChI=1S/C20H21N3O3/c1-23-16(14-5-3-4-6-18(14)26-2)8-12-9-19(21-10-17(12)23)22-20(25)15-7-13(15)11-24/h3-6,8-10,13,15,24H,7,11H2,1-2H3,(H,21,22,25). The van der Waals surface area contributed by atoms with Gasteiger partial charge in [0.05, 0.1) is 24.5 Å². The van der Waals surface area contributed by atoms with Crippen molar-refractivity contribution < 1.29 is 14.6 Å². The highest BCUT2D eigenvalue weighted by molar-refractivity contribution is 5.96. The summed E-state index contributed by atoms with van der Waals surface area (Å²) >= 11 is 0. The molecule has 1 aliphatic carbocycles. The van der Waals surface area contributed by atoms with Gasteiger partial charge < -0.3 is 19.7 Å². The highest BCUT2D eigenvalue weighted by atomic mass is 16.5. The van der Waals surface area contributed by atoms with Gasteiger partial charge in [-0.25, -0.2) is 4.98 Å². The van der Waals surface area contributed by atoms with E-state index in [0.29, 0.717) is 5.82 Å². The van der Waals surface area contributed by atoms with Crippen LogP contribution in [0.15, 0.2) is 42.6 Å². The summed E-state index contributed by atoms with van der Waals surface area (Å²) in [5, 5.41) is 13.0. The Labute approximate surface area is 151 Å². The van der Waals surface area contributed by atoms with E-state index >= 15 is 0 Å². The minimum atomic E-state index is -0.0996. The first-order valence-electron chi connectivity index (χ1n) is 8.63. The maximum Gasteiger partial charge on any atom is 0.229 e. The smallest absolute Gasteiger partial charge is 0.229 e. The van der Waals surface area contributed by atoms with E-state index in [1.54, 1.807) is 13.3 Å². The van der Waals surface area contributed by atoms with Crippen LogP contribution in [0.25, 0.3) is 22.2 Å². The van der Waals surface area contributed by atoms with Crippen molar-refractivity contribution in [3.05, 3.63) is 42.6 Å². The molecule has 2 heterocycles. The van der Waals surface area contributed by atoms with Gasteiger partial charge in [0.15, 0.2) is 0 Å². The molecule has 1 saturated carbocycles. The summed E-state index contributed by atoms with van der Waals surface area (Å²) in [6.45, 7) is 0.0610. The molecule has 2 N–H and O–H groups in total. The van der Waals surface area contributed by atoms with Crippen molar-refractivity contribution in [3.63, 3.8) is 0 Å². The van der Waals surface area contributed by atoms with Crippen molar-refractivity contribution in [1.29, 1.82) is 0 Å². The largest absolute Gasteiger partial charge is 0.496 e. The summed E-state index contributed by atoms with van der Waals surface area (Å²) in [4.78, 5) is 16.5. The zero-order valence-corrected chi connectivity index (χ0v) is 14.8. The lowest BCUT2D eigenvalue weighted by molar-refractivity contribution is -0.117. The fraction of sp³-hybridized carbons (Fsp3) is 0.300. The van der Waals surface area contributed by atoms with E-state index < -0.39 is 0 Å². The minimum Gasteiger partial charge on any atom is -0.496 e. The summed E-state index contributed by atoms with van der Waals surface area (Å²) in [6, 6.07) is 11.8. The number of aliphatic hydroxyl groups is 1. The normalized spacial score (nSPS) is 18.7. The third kappa shape index (κ3) is 2.82. The van der Waals surface area contributed by atoms with E-state index in [1.165, 1.54) is 0 Å². The monoisotopic (exact) mass is 351 g/mol. The molecule has 1 aromatic carbocycles. The Morgan fingerprint density at radius 1 is 1.38 bits per heavy atom. The van der Waals surface area contributed by atoms with Crippen LogP contribution in [0.4, 0.5) is 5.82 Å². The number of para-hydroxylation sites is 1. The number of nitrogens with one attached hydrogen (secondary N) is 1. The second-order valence-electron chi connectivity index (χ2n) is 6.69. The number of amides is 1. The number of nitrogens with zero attached hydrogens (tertiary/aromatic N) is 2. The van der Waals surface area contributed by atoms with Crippen LogP contribution in [0.1, 0.15) is 6.42 Å². The molecule has 2 unspecified atom stereocenters. The van der Waals surface area contributed by atoms with Crippen molar-refractivity contribution >= 4 is 22.6 Å². The van der Waals surface area contributed by atoms with Gasteiger partial charge in [-0.3, -0.25) is 4.79 Å². The Kier molecular flexibility index (Phi) is 4.12. The molecule has 3 aromatic rings. The van der Waals surface area contributed by atoms with E-state index in [0.717, 1.165) is 34.3 Å². The van der Waals surface area contributed by atoms with Crippen molar-refractivity contribution in [2.75, 3.05) is 19.0 Å². The van der Waals surface area contributed by atoms with Crippen LogP contribution in [-0.4, -0.2) is 34.3 Å². The molecule has 0 aliphatic heterocycles. The number of anilines is 1. The number of rotatable bonds is 5. The van der Waals surface area contributed by atoms with Gasteiger partial charge in [0, 0.05) is 30.5 Å². The summed E-state index contributed by atoms with van der Waals surface area (Å²) in [5.41, 5.74) is 3.00. The number of aliphatic hydroxyl groups excluding tert-OH is 1. The zero-order chi connectivity index (χ0) is 18.3. The Morgan fingerprint density at radius 3 is 2.92 bits per heavy atom. The summed E-state index contributed by atoms with van der Waals surface area (Å²) in [6.07, 6.45) is 2.51. The fourth-order valence-electron chi connectivity index (χ4n) is 3.41. The molecule has 134 valence electrons. The fourth-order valence-corrected chi connectivity index (χ4v) is 3.41. The topological polar surface area (TPSA) is 76.4 Å². The lowest BCUT2D eigenvalue weighted by Crippen LogP contribution is -2.16. The molecular formula is C20H21N3O3. The number of pyridine rings is 1. The van der Waals surface area contributed by atoms with Crippen molar-refractivity contribution in [3.8, 4) is 17.0 Å². The van der Waals surface area contributed by atoms with Gasteiger partial charge in [-0.2, -0.15) is 0 Å². The van der Waals surface area contributed by atoms with Crippen LogP contribution in [0.2, 0.25) is 0 Å². The van der Waals surface area contributed by atoms with E-state index in [4.69, 9.17) is 9.84 Å². The number of carbonyl (C=O) groups excluding carboxylic acids is 1. The third-order valence-corrected chi connectivity index (χ3v) is 5.06. The Balaban J connectivity index is 1.66. The second-order valence-corrected chi connectivity index (χ2v) is 6.69. The summed E-state index contributed by atoms with van der Waals surface area (Å²) in [5.74, 6) is 1.26. The third-order valence-electron chi connectivity index (χ3n) is 5.06. The van der Waals surface area contributed by atoms with E-state index in [-0.39, 0.29) is 24.3 Å². The summed E-state index contributed by atoms with van der Waals surface area (Å²) < 4.78 is 7.54. The van der Waals surface area contributed by atoms with Gasteiger partial charge in [-0.05, 0) is 36.6 Å². The lowest BCUT2D eigenvalue weighted by atomic mass is 10.1. The van der Waals surface area contributed by atoms with E-state index in [1.807, 2.05) is 37.4 Å². The SMILES string of the molecule is COc1ccccc1-c1cc2cc(NC(=O)C3CC3CO)ncc2n1C. The average molecular weight is 351 g/mol. The molecule has 0 saturated heterocycles. The average Bonchev–Trinajstić information content (AvgIpc) is 3.39. The maximum absolute atomic E-state index is 12.2. The quantitative estimate of drug-likeness (QED) is 0.741. The maximum atomic E-state index is 12.2. The van der Waals surface area contributed by atoms with E-state index in [2.05, 4.69) is 20.9 Å². The van der Waals surface area contributed by atoms with Gasteiger partial charge in [-0.1, -0.05) is 12.1 Å². The molecule has 1 fully saturated rings. The molecule has 2 atom stereocenters. The molecular weight excluding hydrogens is 330 g/mol. The van der Waals surface area contributed by atoms with Gasteiger partial charge in [0.1, 0.15) is 11.6 Å². The molecule has 6 nitrogen and oxygen atoms in total. The molecule has 6 heteroatoms. The van der Waals surface area contributed by atoms with E-state index in [9.17, 15) is 4.79 Å². The van der Waals surface area contributed by atoms with Crippen molar-refractivity contribution in [1.82, 2.24) is 9.55 Å². The number of hydrogen-bond acceptors (Lipinski definition) is 4. The number of ether oxygens (including phenoxy) is 1. The zero-order valence-electron chi connectivity index (χ0n) is 14.8. The first-order chi connectivity index (χ1) is 12.6. The van der Waals surface area contributed by atoms with Crippen molar-refractivity contribution in [2.24, 2.45) is 18.9 Å². The van der Waals surface area contributed by atoms with Crippen LogP contribution < -0.4 is 10.1 Å². The Morgan fingerprint density at radius 2 is 2.19 bits per heavy atom. The number of fused-ring (bicyclic) bond motifs is 1. The van der Waals surface area contributed by atoms with Crippen LogP contribution >= 0.6 is 0 Å². The molecule has 0 bridgehead atoms. The van der Waals surface area contributed by atoms with Gasteiger partial charge in [-0.15, -0.1) is 0 Å². The first-order valence-corrected chi connectivity index (χ1v) is 8.63. The molecule has 4 rings (SSSR count). The highest BCUT2D eigenvalue weighted by Gasteiger charge is 2.42. The van der Waals surface area contributed by atoms with Gasteiger partial charge in [0.25, 0.3) is 0 Å². The lowest BCUT2D eigenvalue weighted by Gasteiger charge is -2.09. The molecule has 1 amide bonds. The van der Waals surface area contributed by atoms with Crippen LogP contribution in [-0.2, 0) is 11.8 Å². The molecule has 2 aromatic heterocycles. The molecule has 0 spiro atoms. The van der Waals surface area contributed by atoms with Crippen LogP contribution in [0.5, 0.6) is 5.75 Å². The number of aryl methyl sites for hydroxylation is 1. The van der Waals surface area contributed by atoms with Crippen LogP contribution in [0, 0.1) is 11.8 Å². The number of aromatic nitrogens is 2. The second kappa shape index (κ2) is 6.46.